The maximum absolute atomic E-state index is 11.7. The molecule has 2 atom stereocenters. The second-order valence-electron chi connectivity index (χ2n) is 4.75. The minimum absolute atomic E-state index is 0.104. The summed E-state index contributed by atoms with van der Waals surface area (Å²) in [6.07, 6.45) is -0.620. The fourth-order valence-electron chi connectivity index (χ4n) is 1.59. The Morgan fingerprint density at radius 1 is 1.18 bits per heavy atom. The molecule has 0 bridgehead atoms. The van der Waals surface area contributed by atoms with E-state index in [1.165, 1.54) is 0 Å². The van der Waals surface area contributed by atoms with E-state index in [4.69, 9.17) is 20.5 Å². The standard InChI is InChI=1S/C13H18NO7P/c14-11(13(17)18)5-6-22(19,20)21-8-10-3-1-9(2-4-10)7-12(15)16/h1-4,11H,5-8,14H2,(H,15,16)(H,17,18)(H,19,20). The van der Waals surface area contributed by atoms with Gasteiger partial charge in [-0.3, -0.25) is 14.2 Å². The molecule has 22 heavy (non-hydrogen) atoms. The highest BCUT2D eigenvalue weighted by Crippen LogP contribution is 2.43. The van der Waals surface area contributed by atoms with Crippen LogP contribution >= 0.6 is 7.60 Å². The summed E-state index contributed by atoms with van der Waals surface area (Å²) in [6.45, 7) is -0.135. The summed E-state index contributed by atoms with van der Waals surface area (Å²) in [5.74, 6) is -2.19. The Labute approximate surface area is 127 Å². The topological polar surface area (TPSA) is 147 Å². The summed E-state index contributed by atoms with van der Waals surface area (Å²) in [4.78, 5) is 30.7. The molecule has 9 heteroatoms. The van der Waals surface area contributed by atoms with E-state index < -0.39 is 25.6 Å². The van der Waals surface area contributed by atoms with Gasteiger partial charge in [-0.1, -0.05) is 24.3 Å². The second-order valence-corrected chi connectivity index (χ2v) is 6.74. The van der Waals surface area contributed by atoms with E-state index in [-0.39, 0.29) is 25.6 Å². The van der Waals surface area contributed by atoms with Gasteiger partial charge in [-0.25, -0.2) is 0 Å². The van der Waals surface area contributed by atoms with Crippen molar-refractivity contribution in [2.24, 2.45) is 5.73 Å². The van der Waals surface area contributed by atoms with Gasteiger partial charge in [-0.2, -0.15) is 0 Å². The maximum Gasteiger partial charge on any atom is 0.328 e. The van der Waals surface area contributed by atoms with Gasteiger partial charge in [0.1, 0.15) is 6.04 Å². The number of carbonyl (C=O) groups is 2. The third-order valence-electron chi connectivity index (χ3n) is 2.85. The van der Waals surface area contributed by atoms with Gasteiger partial charge in [-0.05, 0) is 17.5 Å². The number of nitrogens with two attached hydrogens (primary N) is 1. The van der Waals surface area contributed by atoms with Crippen LogP contribution in [0.5, 0.6) is 0 Å². The molecular formula is C13H18NO7P. The van der Waals surface area contributed by atoms with Gasteiger partial charge in [-0.15, -0.1) is 0 Å². The van der Waals surface area contributed by atoms with Gasteiger partial charge in [0, 0.05) is 0 Å². The molecule has 0 heterocycles. The summed E-state index contributed by atoms with van der Waals surface area (Å²) < 4.78 is 16.6. The predicted octanol–water partition coefficient (Wildman–Crippen LogP) is 0.818. The Bertz CT molecular complexity index is 572. The molecule has 1 aromatic rings. The van der Waals surface area contributed by atoms with E-state index in [0.717, 1.165) is 0 Å². The van der Waals surface area contributed by atoms with Crippen LogP contribution < -0.4 is 5.73 Å². The SMILES string of the molecule is NC(CCP(=O)(O)OCc1ccc(CC(=O)O)cc1)C(=O)O. The number of aliphatic carboxylic acids is 2. The third kappa shape index (κ3) is 6.82. The predicted molar refractivity (Wildman–Crippen MR) is 77.5 cm³/mol. The molecule has 0 aromatic heterocycles. The minimum atomic E-state index is -3.92. The van der Waals surface area contributed by atoms with E-state index in [1.54, 1.807) is 24.3 Å². The van der Waals surface area contributed by atoms with Gasteiger partial charge in [0.2, 0.25) is 0 Å². The molecule has 8 nitrogen and oxygen atoms in total. The largest absolute Gasteiger partial charge is 0.481 e. The lowest BCUT2D eigenvalue weighted by atomic mass is 10.1. The van der Waals surface area contributed by atoms with Crippen molar-refractivity contribution in [3.05, 3.63) is 35.4 Å². The first kappa shape index (κ1) is 18.3. The summed E-state index contributed by atoms with van der Waals surface area (Å²) in [5.41, 5.74) is 6.46. The van der Waals surface area contributed by atoms with Crippen molar-refractivity contribution in [1.82, 2.24) is 0 Å². The van der Waals surface area contributed by atoms with Crippen LogP contribution in [0.3, 0.4) is 0 Å². The second kappa shape index (κ2) is 8.05. The van der Waals surface area contributed by atoms with Crippen molar-refractivity contribution in [3.8, 4) is 0 Å². The molecule has 0 saturated carbocycles. The Hall–Kier alpha value is -1.73. The first-order valence-electron chi connectivity index (χ1n) is 6.44. The van der Waals surface area contributed by atoms with Gasteiger partial charge >= 0.3 is 19.5 Å². The number of carboxylic acid groups (broad SMARTS) is 2. The van der Waals surface area contributed by atoms with Crippen molar-refractivity contribution in [1.29, 1.82) is 0 Å². The van der Waals surface area contributed by atoms with Crippen LogP contribution in [0.4, 0.5) is 0 Å². The maximum atomic E-state index is 11.7. The van der Waals surface area contributed by atoms with Gasteiger partial charge < -0.3 is 25.4 Å². The molecular weight excluding hydrogens is 313 g/mol. The summed E-state index contributed by atoms with van der Waals surface area (Å²) in [5, 5.41) is 17.2. The summed E-state index contributed by atoms with van der Waals surface area (Å²) in [6, 6.07) is 5.17. The summed E-state index contributed by atoms with van der Waals surface area (Å²) in [7, 11) is -3.92. The summed E-state index contributed by atoms with van der Waals surface area (Å²) >= 11 is 0. The monoisotopic (exact) mass is 331 g/mol. The average molecular weight is 331 g/mol. The molecule has 0 amide bonds. The molecule has 0 aliphatic rings. The van der Waals surface area contributed by atoms with Crippen molar-refractivity contribution in [3.63, 3.8) is 0 Å². The van der Waals surface area contributed by atoms with Gasteiger partial charge in [0.05, 0.1) is 19.2 Å². The zero-order chi connectivity index (χ0) is 16.8. The van der Waals surface area contributed by atoms with Gasteiger partial charge in [0.15, 0.2) is 0 Å². The van der Waals surface area contributed by atoms with Crippen LogP contribution in [0.15, 0.2) is 24.3 Å². The van der Waals surface area contributed by atoms with E-state index in [1.807, 2.05) is 0 Å². The molecule has 1 rings (SSSR count). The van der Waals surface area contributed by atoms with E-state index in [2.05, 4.69) is 0 Å². The molecule has 0 radical (unpaired) electrons. The third-order valence-corrected chi connectivity index (χ3v) is 4.21. The van der Waals surface area contributed by atoms with Crippen molar-refractivity contribution in [2.45, 2.75) is 25.5 Å². The van der Waals surface area contributed by atoms with Crippen LogP contribution in [-0.4, -0.2) is 39.2 Å². The molecule has 5 N–H and O–H groups in total. The molecule has 122 valence electrons. The molecule has 2 unspecified atom stereocenters. The Morgan fingerprint density at radius 3 is 2.23 bits per heavy atom. The zero-order valence-electron chi connectivity index (χ0n) is 11.7. The van der Waals surface area contributed by atoms with Crippen LogP contribution in [0.2, 0.25) is 0 Å². The lowest BCUT2D eigenvalue weighted by Gasteiger charge is -2.13. The Kier molecular flexibility index (Phi) is 6.70. The fourth-order valence-corrected chi connectivity index (χ4v) is 2.68. The number of hydrogen-bond donors (Lipinski definition) is 4. The van der Waals surface area contributed by atoms with Gasteiger partial charge in [0.25, 0.3) is 0 Å². The fraction of sp³-hybridized carbons (Fsp3) is 0.385. The van der Waals surface area contributed by atoms with Crippen molar-refractivity contribution >= 4 is 19.5 Å². The van der Waals surface area contributed by atoms with Crippen molar-refractivity contribution in [2.75, 3.05) is 6.16 Å². The first-order chi connectivity index (χ1) is 10.2. The molecule has 0 aliphatic carbocycles. The van der Waals surface area contributed by atoms with Crippen LogP contribution in [0.25, 0.3) is 0 Å². The van der Waals surface area contributed by atoms with Crippen LogP contribution in [0, 0.1) is 0 Å². The molecule has 1 aromatic carbocycles. The Balaban J connectivity index is 2.48. The zero-order valence-corrected chi connectivity index (χ0v) is 12.6. The van der Waals surface area contributed by atoms with E-state index in [9.17, 15) is 19.0 Å². The van der Waals surface area contributed by atoms with Crippen molar-refractivity contribution < 1.29 is 33.8 Å². The quantitative estimate of drug-likeness (QED) is 0.486. The highest BCUT2D eigenvalue weighted by molar-refractivity contribution is 7.52. The van der Waals surface area contributed by atoms with E-state index in [0.29, 0.717) is 11.1 Å². The molecule has 0 fully saturated rings. The Morgan fingerprint density at radius 2 is 1.73 bits per heavy atom. The number of rotatable bonds is 9. The first-order valence-corrected chi connectivity index (χ1v) is 8.20. The smallest absolute Gasteiger partial charge is 0.328 e. The normalized spacial score (nSPS) is 15.0. The lowest BCUT2D eigenvalue weighted by Crippen LogP contribution is -2.30. The number of benzene rings is 1. The van der Waals surface area contributed by atoms with E-state index >= 15 is 0 Å². The highest BCUT2D eigenvalue weighted by Gasteiger charge is 2.23. The highest BCUT2D eigenvalue weighted by atomic mass is 31.2. The van der Waals surface area contributed by atoms with Crippen LogP contribution in [-0.2, 0) is 31.7 Å². The molecule has 0 spiro atoms. The molecule has 0 aliphatic heterocycles. The minimum Gasteiger partial charge on any atom is -0.481 e. The lowest BCUT2D eigenvalue weighted by molar-refractivity contribution is -0.138. The van der Waals surface area contributed by atoms with Crippen LogP contribution in [0.1, 0.15) is 17.5 Å². The molecule has 0 saturated heterocycles. The average Bonchev–Trinajstić information content (AvgIpc) is 2.43. The number of carboxylic acids is 2. The number of hydrogen-bond acceptors (Lipinski definition) is 5.